The zero-order valence-corrected chi connectivity index (χ0v) is 16.6. The molecule has 4 rings (SSSR count). The van der Waals surface area contributed by atoms with Crippen molar-refractivity contribution in [1.29, 1.82) is 0 Å². The van der Waals surface area contributed by atoms with E-state index in [-0.39, 0.29) is 0 Å². The zero-order valence-electron chi connectivity index (χ0n) is 15.0. The van der Waals surface area contributed by atoms with Crippen molar-refractivity contribution in [2.24, 2.45) is 0 Å². The molecule has 0 aliphatic rings. The number of methoxy groups -OCH3 is 1. The molecule has 0 radical (unpaired) electrons. The highest BCUT2D eigenvalue weighted by Crippen LogP contribution is 2.23. The first-order valence-electron chi connectivity index (χ1n) is 8.62. The first-order chi connectivity index (χ1) is 13.2. The van der Waals surface area contributed by atoms with Crippen LogP contribution in [0.4, 0.5) is 0 Å². The lowest BCUT2D eigenvalue weighted by molar-refractivity contribution is 0.380. The van der Waals surface area contributed by atoms with Crippen molar-refractivity contribution in [3.8, 4) is 11.8 Å². The summed E-state index contributed by atoms with van der Waals surface area (Å²) in [7, 11) is 1.56. The van der Waals surface area contributed by atoms with E-state index in [1.165, 1.54) is 0 Å². The van der Waals surface area contributed by atoms with Gasteiger partial charge < -0.3 is 4.74 Å². The van der Waals surface area contributed by atoms with E-state index < -0.39 is 0 Å². The van der Waals surface area contributed by atoms with Gasteiger partial charge in [0.25, 0.3) is 0 Å². The second kappa shape index (κ2) is 7.43. The Bertz CT molecular complexity index is 1090. The Kier molecular flexibility index (Phi) is 4.85. The Balaban J connectivity index is 1.78. The summed E-state index contributed by atoms with van der Waals surface area (Å²) in [6.45, 7) is 2.14. The van der Waals surface area contributed by atoms with Gasteiger partial charge in [-0.15, -0.1) is 5.10 Å². The highest BCUT2D eigenvalue weighted by atomic mass is 79.9. The smallest absolute Gasteiger partial charge is 0.336 e. The van der Waals surface area contributed by atoms with Crippen LogP contribution in [-0.2, 0) is 12.8 Å². The number of aryl methyl sites for hydroxylation is 1. The number of rotatable bonds is 6. The van der Waals surface area contributed by atoms with Gasteiger partial charge in [0.1, 0.15) is 6.33 Å². The fourth-order valence-electron chi connectivity index (χ4n) is 3.03. The fraction of sp³-hybridized carbons (Fsp3) is 0.278. The molecular weight excluding hydrogens is 410 g/mol. The third kappa shape index (κ3) is 3.30. The summed E-state index contributed by atoms with van der Waals surface area (Å²) in [5.41, 5.74) is 3.80. The van der Waals surface area contributed by atoms with Crippen LogP contribution in [-0.4, -0.2) is 41.5 Å². The monoisotopic (exact) mass is 427 g/mol. The maximum absolute atomic E-state index is 5.17. The molecule has 0 unspecified atom stereocenters. The molecule has 0 bridgehead atoms. The van der Waals surface area contributed by atoms with Crippen LogP contribution in [0.1, 0.15) is 30.3 Å². The van der Waals surface area contributed by atoms with Crippen molar-refractivity contribution >= 4 is 21.6 Å². The number of ether oxygens (including phenoxy) is 1. The molecule has 0 aliphatic carbocycles. The summed E-state index contributed by atoms with van der Waals surface area (Å²) in [5, 5.41) is 8.72. The largest absolute Gasteiger partial charge is 0.466 e. The number of halogens is 1. The van der Waals surface area contributed by atoms with E-state index in [1.807, 2.05) is 22.9 Å². The number of hydrogen-bond acceptors (Lipinski definition) is 6. The molecular formula is C18H18BrN7O. The maximum Gasteiger partial charge on any atom is 0.336 e. The molecule has 0 N–H and O–H groups in total. The molecule has 138 valence electrons. The van der Waals surface area contributed by atoms with Gasteiger partial charge in [-0.3, -0.25) is 0 Å². The minimum absolute atomic E-state index is 0.341. The summed E-state index contributed by atoms with van der Waals surface area (Å²) < 4.78 is 9.55. The molecule has 0 amide bonds. The second-order valence-electron chi connectivity index (χ2n) is 6.01. The van der Waals surface area contributed by atoms with Crippen LogP contribution >= 0.6 is 15.9 Å². The van der Waals surface area contributed by atoms with Crippen LogP contribution in [0, 0.1) is 0 Å². The standard InChI is InChI=1S/C18H18BrN7O/c1-3-5-13-15(21-11-25-16(13)23-18(24-25)27-2)10-12-7-9-22-26(12)17-14(19)6-4-8-20-17/h4,6-9,11H,3,5,10H2,1-2H3. The molecule has 4 aromatic rings. The summed E-state index contributed by atoms with van der Waals surface area (Å²) in [5.74, 6) is 0.750. The SMILES string of the molecule is CCCc1c(Cc2ccnn2-c2ncccc2Br)ncn2nc(OC)nc12. The van der Waals surface area contributed by atoms with Crippen LogP contribution in [0.25, 0.3) is 11.5 Å². The summed E-state index contributed by atoms with van der Waals surface area (Å²) in [6.07, 6.45) is 7.65. The minimum Gasteiger partial charge on any atom is -0.466 e. The number of aromatic nitrogens is 7. The Morgan fingerprint density at radius 3 is 2.85 bits per heavy atom. The van der Waals surface area contributed by atoms with E-state index in [0.29, 0.717) is 12.4 Å². The number of nitrogens with zero attached hydrogens (tertiary/aromatic N) is 7. The van der Waals surface area contributed by atoms with Gasteiger partial charge in [-0.25, -0.2) is 14.6 Å². The van der Waals surface area contributed by atoms with Crippen molar-refractivity contribution in [3.63, 3.8) is 0 Å². The first kappa shape index (κ1) is 17.6. The molecule has 0 aromatic carbocycles. The van der Waals surface area contributed by atoms with Crippen LogP contribution < -0.4 is 4.74 Å². The maximum atomic E-state index is 5.17. The lowest BCUT2D eigenvalue weighted by atomic mass is 10.1. The van der Waals surface area contributed by atoms with E-state index >= 15 is 0 Å². The van der Waals surface area contributed by atoms with E-state index in [4.69, 9.17) is 4.74 Å². The van der Waals surface area contributed by atoms with Crippen LogP contribution in [0.3, 0.4) is 0 Å². The van der Waals surface area contributed by atoms with E-state index in [0.717, 1.165) is 45.7 Å². The van der Waals surface area contributed by atoms with Gasteiger partial charge in [-0.2, -0.15) is 14.6 Å². The van der Waals surface area contributed by atoms with Gasteiger partial charge in [-0.1, -0.05) is 13.3 Å². The highest BCUT2D eigenvalue weighted by Gasteiger charge is 2.17. The molecule has 4 heterocycles. The van der Waals surface area contributed by atoms with Crippen molar-refractivity contribution in [2.75, 3.05) is 7.11 Å². The fourth-order valence-corrected chi connectivity index (χ4v) is 3.45. The molecule has 4 aromatic heterocycles. The topological polar surface area (TPSA) is 83.0 Å². The number of fused-ring (bicyclic) bond motifs is 1. The molecule has 0 spiro atoms. The zero-order chi connectivity index (χ0) is 18.8. The number of hydrogen-bond donors (Lipinski definition) is 0. The second-order valence-corrected chi connectivity index (χ2v) is 6.86. The Morgan fingerprint density at radius 2 is 2.07 bits per heavy atom. The summed E-state index contributed by atoms with van der Waals surface area (Å²) >= 11 is 3.55. The van der Waals surface area contributed by atoms with Gasteiger partial charge in [-0.05, 0) is 40.5 Å². The molecule has 0 saturated heterocycles. The lowest BCUT2D eigenvalue weighted by Gasteiger charge is -2.11. The predicted octanol–water partition coefficient (Wildman–Crippen LogP) is 3.02. The van der Waals surface area contributed by atoms with Gasteiger partial charge in [0.05, 0.1) is 23.0 Å². The van der Waals surface area contributed by atoms with Crippen molar-refractivity contribution in [2.45, 2.75) is 26.2 Å². The van der Waals surface area contributed by atoms with E-state index in [9.17, 15) is 0 Å². The average molecular weight is 428 g/mol. The van der Waals surface area contributed by atoms with Crippen molar-refractivity contribution in [1.82, 2.24) is 34.3 Å². The van der Waals surface area contributed by atoms with Gasteiger partial charge in [0.15, 0.2) is 11.5 Å². The quantitative estimate of drug-likeness (QED) is 0.470. The van der Waals surface area contributed by atoms with Gasteiger partial charge in [0.2, 0.25) is 0 Å². The first-order valence-corrected chi connectivity index (χ1v) is 9.41. The molecule has 0 fully saturated rings. The van der Waals surface area contributed by atoms with Gasteiger partial charge in [0, 0.05) is 24.4 Å². The average Bonchev–Trinajstić information content (AvgIpc) is 3.31. The van der Waals surface area contributed by atoms with Crippen LogP contribution in [0.5, 0.6) is 6.01 Å². The van der Waals surface area contributed by atoms with Crippen molar-refractivity contribution < 1.29 is 4.74 Å². The molecule has 9 heteroatoms. The minimum atomic E-state index is 0.341. The third-order valence-corrected chi connectivity index (χ3v) is 4.86. The highest BCUT2D eigenvalue weighted by molar-refractivity contribution is 9.10. The van der Waals surface area contributed by atoms with Crippen LogP contribution in [0.15, 0.2) is 41.4 Å². The number of pyridine rings is 1. The normalized spacial score (nSPS) is 11.2. The lowest BCUT2D eigenvalue weighted by Crippen LogP contribution is -2.09. The molecule has 0 atom stereocenters. The Labute approximate surface area is 164 Å². The van der Waals surface area contributed by atoms with E-state index in [2.05, 4.69) is 48.0 Å². The van der Waals surface area contributed by atoms with Crippen LogP contribution in [0.2, 0.25) is 0 Å². The molecule has 8 nitrogen and oxygen atoms in total. The molecule has 0 aliphatic heterocycles. The van der Waals surface area contributed by atoms with Crippen molar-refractivity contribution in [3.05, 3.63) is 58.3 Å². The van der Waals surface area contributed by atoms with E-state index in [1.54, 1.807) is 30.3 Å². The predicted molar refractivity (Wildman–Crippen MR) is 103 cm³/mol. The third-order valence-electron chi connectivity index (χ3n) is 4.24. The summed E-state index contributed by atoms with van der Waals surface area (Å²) in [4.78, 5) is 13.6. The molecule has 27 heavy (non-hydrogen) atoms. The molecule has 0 saturated carbocycles. The Morgan fingerprint density at radius 1 is 1.19 bits per heavy atom. The summed E-state index contributed by atoms with van der Waals surface area (Å²) in [6, 6.07) is 6.15. The Hall–Kier alpha value is -2.81. The van der Waals surface area contributed by atoms with Gasteiger partial charge >= 0.3 is 6.01 Å².